The van der Waals surface area contributed by atoms with Crippen LogP contribution in [0.25, 0.3) is 16.7 Å². The van der Waals surface area contributed by atoms with Gasteiger partial charge < -0.3 is 10.2 Å². The Kier molecular flexibility index (Phi) is 6.71. The molecule has 0 atom stereocenters. The van der Waals surface area contributed by atoms with E-state index in [2.05, 4.69) is 93.3 Å². The highest BCUT2D eigenvalue weighted by Crippen LogP contribution is 2.25. The van der Waals surface area contributed by atoms with Crippen molar-refractivity contribution in [1.29, 1.82) is 0 Å². The third kappa shape index (κ3) is 5.10. The largest absolute Gasteiger partial charge is 0.341 e. The molecule has 36 heavy (non-hydrogen) atoms. The molecule has 1 aromatic carbocycles. The Morgan fingerprint density at radius 1 is 1.03 bits per heavy atom. The van der Waals surface area contributed by atoms with Crippen molar-refractivity contribution in [3.8, 4) is 0 Å². The Labute approximate surface area is 210 Å². The maximum atomic E-state index is 4.87. The lowest BCUT2D eigenvalue weighted by atomic mass is 10.0. The van der Waals surface area contributed by atoms with Gasteiger partial charge in [0.1, 0.15) is 23.7 Å². The molecule has 4 heterocycles. The summed E-state index contributed by atoms with van der Waals surface area (Å²) in [6, 6.07) is 10.5. The van der Waals surface area contributed by atoms with Gasteiger partial charge in [-0.15, -0.1) is 0 Å². The van der Waals surface area contributed by atoms with Gasteiger partial charge in [-0.1, -0.05) is 26.8 Å². The topological polar surface area (TPSA) is 97.0 Å². The lowest BCUT2D eigenvalue weighted by Crippen LogP contribution is -2.30. The number of aromatic nitrogens is 7. The average Bonchev–Trinajstić information content (AvgIpc) is 3.33. The summed E-state index contributed by atoms with van der Waals surface area (Å²) in [5, 5.41) is 7.63. The van der Waals surface area contributed by atoms with Crippen LogP contribution in [0, 0.1) is 12.8 Å². The number of benzene rings is 1. The molecule has 0 bridgehead atoms. The van der Waals surface area contributed by atoms with E-state index >= 15 is 0 Å². The van der Waals surface area contributed by atoms with Crippen LogP contribution in [0.15, 0.2) is 55.4 Å². The summed E-state index contributed by atoms with van der Waals surface area (Å²) in [5.41, 5.74) is 6.89. The maximum Gasteiger partial charge on any atom is 0.226 e. The molecule has 0 fully saturated rings. The van der Waals surface area contributed by atoms with E-state index in [1.165, 1.54) is 16.7 Å². The third-order valence-electron chi connectivity index (χ3n) is 6.07. The highest BCUT2D eigenvalue weighted by atomic mass is 15.3. The molecule has 9 nitrogen and oxygen atoms in total. The summed E-state index contributed by atoms with van der Waals surface area (Å²) in [6.07, 6.45) is 8.71. The predicted molar refractivity (Wildman–Crippen MR) is 143 cm³/mol. The first-order valence-electron chi connectivity index (χ1n) is 12.4. The van der Waals surface area contributed by atoms with Gasteiger partial charge in [-0.05, 0) is 66.6 Å². The second-order valence-electron chi connectivity index (χ2n) is 9.51. The average molecular weight is 482 g/mol. The van der Waals surface area contributed by atoms with Crippen LogP contribution >= 0.6 is 0 Å². The molecule has 0 radical (unpaired) electrons. The number of hydrogen-bond acceptors (Lipinski definition) is 8. The van der Waals surface area contributed by atoms with E-state index in [0.29, 0.717) is 17.7 Å². The second kappa shape index (κ2) is 10.2. The molecular formula is C27H31N9. The lowest BCUT2D eigenvalue weighted by Gasteiger charge is -2.24. The fraction of sp³-hybridized carbons (Fsp3) is 0.333. The summed E-state index contributed by atoms with van der Waals surface area (Å²) in [6.45, 7) is 10.5. The molecule has 4 aromatic heterocycles. The van der Waals surface area contributed by atoms with Crippen LogP contribution in [-0.2, 0) is 6.42 Å². The van der Waals surface area contributed by atoms with Crippen molar-refractivity contribution < 1.29 is 0 Å². The maximum absolute atomic E-state index is 4.87. The van der Waals surface area contributed by atoms with Crippen LogP contribution < -0.4 is 10.2 Å². The fourth-order valence-corrected chi connectivity index (χ4v) is 4.37. The summed E-state index contributed by atoms with van der Waals surface area (Å²) in [5.74, 6) is 1.90. The van der Waals surface area contributed by atoms with Gasteiger partial charge >= 0.3 is 0 Å². The minimum absolute atomic E-state index is 0.514. The number of nitrogens with zero attached hydrogens (tertiary/aromatic N) is 8. The van der Waals surface area contributed by atoms with Gasteiger partial charge in [0.15, 0.2) is 11.5 Å². The Hall–Kier alpha value is -4.14. The monoisotopic (exact) mass is 481 g/mol. The van der Waals surface area contributed by atoms with E-state index in [4.69, 9.17) is 4.98 Å². The number of hydrogen-bond donors (Lipinski definition) is 1. The van der Waals surface area contributed by atoms with Crippen LogP contribution in [0.2, 0.25) is 0 Å². The van der Waals surface area contributed by atoms with Crippen molar-refractivity contribution in [1.82, 2.24) is 34.5 Å². The summed E-state index contributed by atoms with van der Waals surface area (Å²) >= 11 is 0. The minimum atomic E-state index is 0.514. The Balaban J connectivity index is 1.40. The fourth-order valence-electron chi connectivity index (χ4n) is 4.37. The molecule has 0 spiro atoms. The van der Waals surface area contributed by atoms with Gasteiger partial charge in [0.05, 0.1) is 6.20 Å². The number of pyridine rings is 1. The Bertz CT molecular complexity index is 1490. The van der Waals surface area contributed by atoms with Gasteiger partial charge in [0.25, 0.3) is 0 Å². The van der Waals surface area contributed by atoms with Crippen LogP contribution in [0.4, 0.5) is 17.5 Å². The van der Waals surface area contributed by atoms with Crippen LogP contribution in [0.3, 0.4) is 0 Å². The number of aryl methyl sites for hydroxylation is 1. The molecule has 0 amide bonds. The Morgan fingerprint density at radius 3 is 2.72 bits per heavy atom. The van der Waals surface area contributed by atoms with Crippen molar-refractivity contribution in [2.45, 2.75) is 40.5 Å². The molecule has 5 aromatic rings. The van der Waals surface area contributed by atoms with E-state index < -0.39 is 0 Å². The zero-order valence-electron chi connectivity index (χ0n) is 21.2. The number of fused-ring (bicyclic) bond motifs is 2. The van der Waals surface area contributed by atoms with Gasteiger partial charge in [0.2, 0.25) is 5.95 Å². The second-order valence-corrected chi connectivity index (χ2v) is 9.51. The SMILES string of the molecule is CCCN(CC(C)C)c1ncc2ncnc(Nc3ccc(Cc4ccn5ncnc5c4)c(C)c3)c2n1. The number of anilines is 3. The van der Waals surface area contributed by atoms with Gasteiger partial charge in [-0.25, -0.2) is 29.4 Å². The molecule has 0 saturated heterocycles. The van der Waals surface area contributed by atoms with Gasteiger partial charge in [-0.3, -0.25) is 0 Å². The van der Waals surface area contributed by atoms with E-state index in [9.17, 15) is 0 Å². The molecule has 0 aliphatic heterocycles. The summed E-state index contributed by atoms with van der Waals surface area (Å²) in [4.78, 5) is 24.9. The molecular weight excluding hydrogens is 450 g/mol. The van der Waals surface area contributed by atoms with E-state index in [1.54, 1.807) is 23.4 Å². The molecule has 0 saturated carbocycles. The lowest BCUT2D eigenvalue weighted by molar-refractivity contribution is 0.597. The molecule has 0 unspecified atom stereocenters. The first-order valence-corrected chi connectivity index (χ1v) is 12.4. The molecule has 0 aliphatic rings. The number of rotatable bonds is 9. The van der Waals surface area contributed by atoms with Crippen LogP contribution in [0.5, 0.6) is 0 Å². The first kappa shape index (κ1) is 23.6. The highest BCUT2D eigenvalue weighted by molar-refractivity contribution is 5.87. The standard InChI is InChI=1S/C27H31N9/c1-5-9-35(15-18(2)3)27-28-14-23-25(34-27)26(31-16-29-23)33-22-7-6-21(19(4)11-22)12-20-8-10-36-24(13-20)30-17-32-36/h6-8,10-11,13-14,16-18H,5,9,12,15H2,1-4H3,(H,29,31,33). The van der Waals surface area contributed by atoms with Crippen molar-refractivity contribution >= 4 is 34.1 Å². The number of nitrogens with one attached hydrogen (secondary N) is 1. The molecule has 184 valence electrons. The summed E-state index contributed by atoms with van der Waals surface area (Å²) in [7, 11) is 0. The Morgan fingerprint density at radius 2 is 1.92 bits per heavy atom. The van der Waals surface area contributed by atoms with Crippen LogP contribution in [0.1, 0.15) is 43.9 Å². The third-order valence-corrected chi connectivity index (χ3v) is 6.07. The molecule has 5 rings (SSSR count). The van der Waals surface area contributed by atoms with Crippen LogP contribution in [-0.4, -0.2) is 47.6 Å². The quantitative estimate of drug-likeness (QED) is 0.315. The van der Waals surface area contributed by atoms with Crippen molar-refractivity contribution in [3.05, 3.63) is 72.1 Å². The highest BCUT2D eigenvalue weighted by Gasteiger charge is 2.14. The smallest absolute Gasteiger partial charge is 0.226 e. The normalized spacial score (nSPS) is 11.5. The van der Waals surface area contributed by atoms with E-state index in [-0.39, 0.29) is 0 Å². The van der Waals surface area contributed by atoms with Crippen molar-refractivity contribution in [2.75, 3.05) is 23.3 Å². The van der Waals surface area contributed by atoms with Crippen molar-refractivity contribution in [2.24, 2.45) is 5.92 Å². The predicted octanol–water partition coefficient (Wildman–Crippen LogP) is 4.98. The van der Waals surface area contributed by atoms with Gasteiger partial charge in [-0.2, -0.15) is 5.10 Å². The minimum Gasteiger partial charge on any atom is -0.341 e. The van der Waals surface area contributed by atoms with E-state index in [1.807, 2.05) is 6.20 Å². The molecule has 0 aliphatic carbocycles. The first-order chi connectivity index (χ1) is 17.5. The zero-order valence-corrected chi connectivity index (χ0v) is 21.2. The van der Waals surface area contributed by atoms with E-state index in [0.717, 1.165) is 48.3 Å². The molecule has 1 N–H and O–H groups in total. The zero-order chi connectivity index (χ0) is 25.1. The molecule has 9 heteroatoms. The summed E-state index contributed by atoms with van der Waals surface area (Å²) < 4.78 is 1.77. The van der Waals surface area contributed by atoms with Gasteiger partial charge in [0, 0.05) is 25.0 Å². The van der Waals surface area contributed by atoms with Crippen molar-refractivity contribution in [3.63, 3.8) is 0 Å².